The highest BCUT2D eigenvalue weighted by Gasteiger charge is 2.45. The first-order chi connectivity index (χ1) is 11.7. The lowest BCUT2D eigenvalue weighted by Gasteiger charge is -2.25. The lowest BCUT2D eigenvalue weighted by atomic mass is 9.92. The van der Waals surface area contributed by atoms with E-state index in [0.717, 1.165) is 6.26 Å². The molecule has 1 heterocycles. The van der Waals surface area contributed by atoms with Gasteiger partial charge in [-0.1, -0.05) is 30.3 Å². The number of ether oxygens (including phenoxy) is 2. The predicted octanol–water partition coefficient (Wildman–Crippen LogP) is -0.195. The van der Waals surface area contributed by atoms with E-state index in [1.807, 2.05) is 0 Å². The molecule has 1 amide bonds. The van der Waals surface area contributed by atoms with E-state index in [0.29, 0.717) is 0 Å². The fraction of sp³-hybridized carbons (Fsp3) is 0.267. The minimum absolute atomic E-state index is 0.0309. The molecule has 0 saturated carbocycles. The molecule has 2 aromatic rings. The summed E-state index contributed by atoms with van der Waals surface area (Å²) in [5.41, 5.74) is -2.40. The number of rotatable bonds is 6. The van der Waals surface area contributed by atoms with Gasteiger partial charge in [-0.2, -0.15) is 9.97 Å². The number of hydrogen-bond acceptors (Lipinski definition) is 8. The summed E-state index contributed by atoms with van der Waals surface area (Å²) in [6.45, 7) is 0. The molecule has 0 radical (unpaired) electrons. The van der Waals surface area contributed by atoms with E-state index in [1.165, 1.54) is 32.4 Å². The molecule has 25 heavy (non-hydrogen) atoms. The highest BCUT2D eigenvalue weighted by atomic mass is 32.2. The summed E-state index contributed by atoms with van der Waals surface area (Å²) in [5.74, 6) is -1.56. The van der Waals surface area contributed by atoms with Gasteiger partial charge in [0.2, 0.25) is 27.4 Å². The van der Waals surface area contributed by atoms with E-state index in [4.69, 9.17) is 9.47 Å². The van der Waals surface area contributed by atoms with Crippen LogP contribution >= 0.6 is 0 Å². The third-order valence-corrected chi connectivity index (χ3v) is 3.78. The number of methoxy groups -OCH3 is 2. The standard InChI is InChI=1S/C15H17N3O6S/c1-23-11-9-12(24-2)17-13(16-11)15(20,10-7-5-4-6-8-10)14(19)18-25(3,21)22/h4-9,20H,1-3H3,(H,18,19). The average Bonchev–Trinajstić information content (AvgIpc) is 2.59. The largest absolute Gasteiger partial charge is 0.481 e. The third-order valence-electron chi connectivity index (χ3n) is 3.22. The maximum Gasteiger partial charge on any atom is 0.278 e. The van der Waals surface area contributed by atoms with Crippen molar-refractivity contribution in [2.75, 3.05) is 20.5 Å². The molecule has 0 aliphatic heterocycles. The molecule has 1 atom stereocenters. The lowest BCUT2D eigenvalue weighted by Crippen LogP contribution is -2.48. The Labute approximate surface area is 144 Å². The number of carbonyl (C=O) groups excluding carboxylic acids is 1. The van der Waals surface area contributed by atoms with Crippen LogP contribution in [0.15, 0.2) is 36.4 Å². The fourth-order valence-corrected chi connectivity index (χ4v) is 2.54. The summed E-state index contributed by atoms with van der Waals surface area (Å²) >= 11 is 0. The van der Waals surface area contributed by atoms with E-state index in [-0.39, 0.29) is 17.3 Å². The number of benzene rings is 1. The number of sulfonamides is 1. The number of aromatic nitrogens is 2. The maximum absolute atomic E-state index is 12.6. The van der Waals surface area contributed by atoms with Crippen LogP contribution < -0.4 is 14.2 Å². The third kappa shape index (κ3) is 4.03. The van der Waals surface area contributed by atoms with Gasteiger partial charge in [-0.25, -0.2) is 8.42 Å². The van der Waals surface area contributed by atoms with Crippen molar-refractivity contribution in [1.82, 2.24) is 14.7 Å². The Kier molecular flexibility index (Phi) is 5.24. The van der Waals surface area contributed by atoms with Crippen LogP contribution in [0.2, 0.25) is 0 Å². The molecule has 0 bridgehead atoms. The number of nitrogens with one attached hydrogen (secondary N) is 1. The monoisotopic (exact) mass is 367 g/mol. The molecule has 10 heteroatoms. The topological polar surface area (TPSA) is 128 Å². The van der Waals surface area contributed by atoms with Gasteiger partial charge in [0.1, 0.15) is 0 Å². The minimum atomic E-state index is -3.93. The van der Waals surface area contributed by atoms with Crippen LogP contribution in [0.5, 0.6) is 11.8 Å². The molecule has 0 fully saturated rings. The maximum atomic E-state index is 12.6. The molecule has 1 aromatic heterocycles. The summed E-state index contributed by atoms with van der Waals surface area (Å²) in [6, 6.07) is 9.06. The summed E-state index contributed by atoms with van der Waals surface area (Å²) < 4.78 is 34.7. The molecule has 1 unspecified atom stereocenters. The predicted molar refractivity (Wildman–Crippen MR) is 87.6 cm³/mol. The van der Waals surface area contributed by atoms with Gasteiger partial charge in [0.15, 0.2) is 5.82 Å². The van der Waals surface area contributed by atoms with Crippen molar-refractivity contribution >= 4 is 15.9 Å². The SMILES string of the molecule is COc1cc(OC)nc(C(O)(C(=O)NS(C)(=O)=O)c2ccccc2)n1. The Hall–Kier alpha value is -2.72. The summed E-state index contributed by atoms with van der Waals surface area (Å²) in [6.07, 6.45) is 0.795. The lowest BCUT2D eigenvalue weighted by molar-refractivity contribution is -0.135. The molecular formula is C15H17N3O6S. The Morgan fingerprint density at radius 3 is 2.08 bits per heavy atom. The highest BCUT2D eigenvalue weighted by molar-refractivity contribution is 7.89. The van der Waals surface area contributed by atoms with Gasteiger partial charge >= 0.3 is 0 Å². The van der Waals surface area contributed by atoms with Gasteiger partial charge in [-0.05, 0) is 0 Å². The first kappa shape index (κ1) is 18.6. The molecule has 0 aliphatic carbocycles. The zero-order chi connectivity index (χ0) is 18.7. The molecule has 2 rings (SSSR count). The summed E-state index contributed by atoms with van der Waals surface area (Å²) in [5, 5.41) is 11.1. The number of nitrogens with zero attached hydrogens (tertiary/aromatic N) is 2. The van der Waals surface area contributed by atoms with Crippen molar-refractivity contribution in [3.05, 3.63) is 47.8 Å². The number of hydrogen-bond donors (Lipinski definition) is 2. The molecule has 2 N–H and O–H groups in total. The number of amides is 1. The van der Waals surface area contributed by atoms with Crippen LogP contribution in [0.1, 0.15) is 11.4 Å². The Bertz CT molecular complexity index is 850. The van der Waals surface area contributed by atoms with E-state index >= 15 is 0 Å². The van der Waals surface area contributed by atoms with Crippen molar-refractivity contribution in [3.63, 3.8) is 0 Å². The van der Waals surface area contributed by atoms with Crippen molar-refractivity contribution < 1.29 is 27.8 Å². The second-order valence-electron chi connectivity index (χ2n) is 5.06. The fourth-order valence-electron chi connectivity index (χ4n) is 2.06. The van der Waals surface area contributed by atoms with Gasteiger partial charge < -0.3 is 14.6 Å². The first-order valence-corrected chi connectivity index (χ1v) is 8.87. The summed E-state index contributed by atoms with van der Waals surface area (Å²) in [7, 11) is -1.26. The van der Waals surface area contributed by atoms with Gasteiger partial charge in [0.05, 0.1) is 26.5 Å². The van der Waals surface area contributed by atoms with Gasteiger partial charge in [0, 0.05) is 5.56 Å². The first-order valence-electron chi connectivity index (χ1n) is 6.98. The van der Waals surface area contributed by atoms with Gasteiger partial charge in [-0.15, -0.1) is 0 Å². The van der Waals surface area contributed by atoms with Crippen LogP contribution in [0.25, 0.3) is 0 Å². The Morgan fingerprint density at radius 1 is 1.12 bits per heavy atom. The zero-order valence-corrected chi connectivity index (χ0v) is 14.6. The number of carbonyl (C=O) groups is 1. The molecule has 0 aliphatic rings. The second kappa shape index (κ2) is 7.03. The van der Waals surface area contributed by atoms with E-state index < -0.39 is 27.4 Å². The van der Waals surface area contributed by atoms with Crippen LogP contribution in [-0.2, 0) is 20.4 Å². The van der Waals surface area contributed by atoms with E-state index in [1.54, 1.807) is 22.9 Å². The molecular weight excluding hydrogens is 350 g/mol. The normalized spacial score (nSPS) is 13.6. The van der Waals surface area contributed by atoms with Crippen LogP contribution in [0.4, 0.5) is 0 Å². The molecule has 0 spiro atoms. The van der Waals surface area contributed by atoms with Crippen molar-refractivity contribution in [2.45, 2.75) is 5.60 Å². The van der Waals surface area contributed by atoms with Crippen LogP contribution in [-0.4, -0.2) is 49.9 Å². The quantitative estimate of drug-likeness (QED) is 0.719. The molecule has 134 valence electrons. The molecule has 0 saturated heterocycles. The van der Waals surface area contributed by atoms with E-state index in [2.05, 4.69) is 9.97 Å². The smallest absolute Gasteiger partial charge is 0.278 e. The second-order valence-corrected chi connectivity index (χ2v) is 6.80. The van der Waals surface area contributed by atoms with Gasteiger partial charge in [-0.3, -0.25) is 9.52 Å². The summed E-state index contributed by atoms with van der Waals surface area (Å²) in [4.78, 5) is 20.5. The Balaban J connectivity index is 2.70. The van der Waals surface area contributed by atoms with Crippen LogP contribution in [0.3, 0.4) is 0 Å². The minimum Gasteiger partial charge on any atom is -0.481 e. The molecule has 9 nitrogen and oxygen atoms in total. The van der Waals surface area contributed by atoms with Crippen molar-refractivity contribution in [3.8, 4) is 11.8 Å². The zero-order valence-electron chi connectivity index (χ0n) is 13.8. The molecule has 1 aromatic carbocycles. The van der Waals surface area contributed by atoms with Gasteiger partial charge in [0.25, 0.3) is 5.91 Å². The average molecular weight is 367 g/mol. The Morgan fingerprint density at radius 2 is 1.64 bits per heavy atom. The van der Waals surface area contributed by atoms with Crippen LogP contribution in [0, 0.1) is 0 Å². The van der Waals surface area contributed by atoms with Crippen molar-refractivity contribution in [1.29, 1.82) is 0 Å². The number of aliphatic hydroxyl groups is 1. The van der Waals surface area contributed by atoms with E-state index in [9.17, 15) is 18.3 Å². The highest BCUT2D eigenvalue weighted by Crippen LogP contribution is 2.30. The van der Waals surface area contributed by atoms with Crippen molar-refractivity contribution in [2.24, 2.45) is 0 Å².